The Morgan fingerprint density at radius 3 is 2.53 bits per heavy atom. The van der Waals surface area contributed by atoms with Gasteiger partial charge >= 0.3 is 0 Å². The Hall–Kier alpha value is -1.88. The van der Waals surface area contributed by atoms with Crippen molar-refractivity contribution in [3.8, 4) is 11.3 Å². The van der Waals surface area contributed by atoms with Gasteiger partial charge in [0.05, 0.1) is 17.6 Å². The summed E-state index contributed by atoms with van der Waals surface area (Å²) in [5.41, 5.74) is 3.16. The molecule has 5 heteroatoms. The van der Waals surface area contributed by atoms with Crippen LogP contribution in [-0.4, -0.2) is 36.0 Å². The Labute approximate surface area is 111 Å². The number of nitrogens with one attached hydrogen (secondary N) is 1. The molecule has 1 fully saturated rings. The van der Waals surface area contributed by atoms with Gasteiger partial charge in [-0.2, -0.15) is 5.10 Å². The number of piperazine rings is 1. The highest BCUT2D eigenvalue weighted by atomic mass is 19.1. The summed E-state index contributed by atoms with van der Waals surface area (Å²) in [7, 11) is 1.92. The molecule has 0 bridgehead atoms. The third kappa shape index (κ3) is 2.33. The molecule has 4 nitrogen and oxygen atoms in total. The number of aromatic nitrogens is 2. The van der Waals surface area contributed by atoms with Crippen molar-refractivity contribution >= 4 is 5.69 Å². The van der Waals surface area contributed by atoms with Crippen LogP contribution < -0.4 is 10.2 Å². The third-order valence-corrected chi connectivity index (χ3v) is 3.49. The number of hydrogen-bond acceptors (Lipinski definition) is 3. The van der Waals surface area contributed by atoms with Gasteiger partial charge < -0.3 is 10.2 Å². The zero-order chi connectivity index (χ0) is 13.2. The van der Waals surface area contributed by atoms with Crippen molar-refractivity contribution in [2.75, 3.05) is 31.1 Å². The molecule has 1 aliphatic rings. The largest absolute Gasteiger partial charge is 0.366 e. The van der Waals surface area contributed by atoms with E-state index in [2.05, 4.69) is 15.3 Å². The maximum absolute atomic E-state index is 13.0. The fourth-order valence-corrected chi connectivity index (χ4v) is 2.51. The first-order chi connectivity index (χ1) is 9.25. The number of anilines is 1. The Morgan fingerprint density at radius 2 is 1.84 bits per heavy atom. The number of benzene rings is 1. The molecule has 0 spiro atoms. The van der Waals surface area contributed by atoms with E-state index < -0.39 is 0 Å². The van der Waals surface area contributed by atoms with Crippen LogP contribution in [0, 0.1) is 5.82 Å². The fourth-order valence-electron chi connectivity index (χ4n) is 2.51. The minimum Gasteiger partial charge on any atom is -0.366 e. The number of aryl methyl sites for hydroxylation is 1. The van der Waals surface area contributed by atoms with Crippen molar-refractivity contribution in [1.82, 2.24) is 15.1 Å². The number of halogens is 1. The molecule has 1 N–H and O–H groups in total. The second-order valence-corrected chi connectivity index (χ2v) is 4.75. The first-order valence-corrected chi connectivity index (χ1v) is 6.49. The molecule has 1 aliphatic heterocycles. The molecule has 2 heterocycles. The number of hydrogen-bond donors (Lipinski definition) is 1. The van der Waals surface area contributed by atoms with Gasteiger partial charge in [0.25, 0.3) is 0 Å². The van der Waals surface area contributed by atoms with Gasteiger partial charge in [-0.3, -0.25) is 4.68 Å². The Morgan fingerprint density at radius 1 is 1.16 bits per heavy atom. The molecule has 19 heavy (non-hydrogen) atoms. The lowest BCUT2D eigenvalue weighted by atomic mass is 10.1. The standard InChI is InChI=1S/C14H17FN4/c1-18-14(11-2-4-12(15)5-3-11)13(10-17-18)19-8-6-16-7-9-19/h2-5,10,16H,6-9H2,1H3. The molecular weight excluding hydrogens is 243 g/mol. The first kappa shape index (κ1) is 12.2. The van der Waals surface area contributed by atoms with Crippen molar-refractivity contribution in [2.24, 2.45) is 7.05 Å². The molecular formula is C14H17FN4. The van der Waals surface area contributed by atoms with Crippen molar-refractivity contribution in [3.63, 3.8) is 0 Å². The molecule has 1 saturated heterocycles. The van der Waals surface area contributed by atoms with Gasteiger partial charge in [0, 0.05) is 38.8 Å². The van der Waals surface area contributed by atoms with E-state index >= 15 is 0 Å². The number of rotatable bonds is 2. The van der Waals surface area contributed by atoms with Crippen LogP contribution in [0.5, 0.6) is 0 Å². The van der Waals surface area contributed by atoms with E-state index in [4.69, 9.17) is 0 Å². The Balaban J connectivity index is 2.00. The summed E-state index contributed by atoms with van der Waals surface area (Å²) in [5, 5.41) is 7.69. The molecule has 100 valence electrons. The van der Waals surface area contributed by atoms with Crippen LogP contribution >= 0.6 is 0 Å². The average Bonchev–Trinajstić information content (AvgIpc) is 2.83. The highest BCUT2D eigenvalue weighted by Crippen LogP contribution is 2.30. The Kier molecular flexibility index (Phi) is 3.21. The third-order valence-electron chi connectivity index (χ3n) is 3.49. The van der Waals surface area contributed by atoms with Crippen LogP contribution in [0.15, 0.2) is 30.5 Å². The smallest absolute Gasteiger partial charge is 0.123 e. The summed E-state index contributed by atoms with van der Waals surface area (Å²) in [6.45, 7) is 3.91. The summed E-state index contributed by atoms with van der Waals surface area (Å²) in [6.07, 6.45) is 1.89. The van der Waals surface area contributed by atoms with Gasteiger partial charge in [0.1, 0.15) is 5.82 Å². The molecule has 1 aromatic heterocycles. The summed E-state index contributed by atoms with van der Waals surface area (Å²) in [5.74, 6) is -0.213. The lowest BCUT2D eigenvalue weighted by Crippen LogP contribution is -2.43. The predicted molar refractivity (Wildman–Crippen MR) is 73.7 cm³/mol. The van der Waals surface area contributed by atoms with E-state index in [1.807, 2.05) is 17.9 Å². The molecule has 0 saturated carbocycles. The first-order valence-electron chi connectivity index (χ1n) is 6.49. The van der Waals surface area contributed by atoms with Crippen molar-refractivity contribution in [1.29, 1.82) is 0 Å². The van der Waals surface area contributed by atoms with Gasteiger partial charge in [-0.1, -0.05) is 0 Å². The normalized spacial score (nSPS) is 15.8. The second-order valence-electron chi connectivity index (χ2n) is 4.75. The lowest BCUT2D eigenvalue weighted by molar-refractivity contribution is 0.589. The molecule has 0 aliphatic carbocycles. The van der Waals surface area contributed by atoms with Crippen LogP contribution in [0.4, 0.5) is 10.1 Å². The van der Waals surface area contributed by atoms with Gasteiger partial charge in [-0.15, -0.1) is 0 Å². The zero-order valence-corrected chi connectivity index (χ0v) is 10.9. The zero-order valence-electron chi connectivity index (χ0n) is 10.9. The van der Waals surface area contributed by atoms with Gasteiger partial charge in [-0.25, -0.2) is 4.39 Å². The molecule has 0 radical (unpaired) electrons. The SMILES string of the molecule is Cn1ncc(N2CCNCC2)c1-c1ccc(F)cc1. The molecule has 0 amide bonds. The number of nitrogens with zero attached hydrogens (tertiary/aromatic N) is 3. The highest BCUT2D eigenvalue weighted by molar-refractivity contribution is 5.75. The average molecular weight is 260 g/mol. The van der Waals surface area contributed by atoms with Crippen LogP contribution in [0.2, 0.25) is 0 Å². The fraction of sp³-hybridized carbons (Fsp3) is 0.357. The Bertz CT molecular complexity index is 555. The van der Waals surface area contributed by atoms with E-state index in [9.17, 15) is 4.39 Å². The van der Waals surface area contributed by atoms with Gasteiger partial charge in [0.2, 0.25) is 0 Å². The van der Waals surface area contributed by atoms with Crippen molar-refractivity contribution in [2.45, 2.75) is 0 Å². The quantitative estimate of drug-likeness (QED) is 0.891. The van der Waals surface area contributed by atoms with E-state index in [1.165, 1.54) is 12.1 Å². The molecule has 0 atom stereocenters. The summed E-state index contributed by atoms with van der Waals surface area (Å²) >= 11 is 0. The molecule has 2 aromatic rings. The van der Waals surface area contributed by atoms with E-state index in [0.29, 0.717) is 0 Å². The lowest BCUT2D eigenvalue weighted by Gasteiger charge is -2.29. The minimum atomic E-state index is -0.213. The van der Waals surface area contributed by atoms with E-state index in [0.717, 1.165) is 43.1 Å². The summed E-state index contributed by atoms with van der Waals surface area (Å²) < 4.78 is 14.9. The van der Waals surface area contributed by atoms with Crippen LogP contribution in [0.3, 0.4) is 0 Å². The van der Waals surface area contributed by atoms with E-state index in [1.54, 1.807) is 12.1 Å². The maximum Gasteiger partial charge on any atom is 0.123 e. The van der Waals surface area contributed by atoms with E-state index in [-0.39, 0.29) is 5.82 Å². The molecule has 0 unspecified atom stereocenters. The monoisotopic (exact) mass is 260 g/mol. The van der Waals surface area contributed by atoms with Gasteiger partial charge in [0.15, 0.2) is 0 Å². The topological polar surface area (TPSA) is 33.1 Å². The molecule has 3 rings (SSSR count). The highest BCUT2D eigenvalue weighted by Gasteiger charge is 2.18. The second kappa shape index (κ2) is 5.01. The predicted octanol–water partition coefficient (Wildman–Crippen LogP) is 1.64. The summed E-state index contributed by atoms with van der Waals surface area (Å²) in [4.78, 5) is 2.32. The van der Waals surface area contributed by atoms with Crippen molar-refractivity contribution < 1.29 is 4.39 Å². The molecule has 1 aromatic carbocycles. The van der Waals surface area contributed by atoms with Crippen LogP contribution in [0.25, 0.3) is 11.3 Å². The van der Waals surface area contributed by atoms with Crippen LogP contribution in [0.1, 0.15) is 0 Å². The van der Waals surface area contributed by atoms with Gasteiger partial charge in [-0.05, 0) is 24.3 Å². The summed E-state index contributed by atoms with van der Waals surface area (Å²) in [6, 6.07) is 6.59. The van der Waals surface area contributed by atoms with Crippen molar-refractivity contribution in [3.05, 3.63) is 36.3 Å². The van der Waals surface area contributed by atoms with Crippen LogP contribution in [-0.2, 0) is 7.05 Å². The minimum absolute atomic E-state index is 0.213. The maximum atomic E-state index is 13.0.